The van der Waals surface area contributed by atoms with E-state index in [0.717, 1.165) is 29.6 Å². The summed E-state index contributed by atoms with van der Waals surface area (Å²) in [6.07, 6.45) is 4.92. The standard InChI is InChI=1S/C19H22BrNO2/c20-14-7-2-1-6-13-19(22)21-16-9-8-12-18(15-16)23-17-10-4-3-5-11-17/h3-5,8-12,15H,1-2,6-7,13-14H2,(H,21,22). The Hall–Kier alpha value is -1.81. The maximum atomic E-state index is 12.0. The van der Waals surface area contributed by atoms with Crippen LogP contribution in [0.25, 0.3) is 0 Å². The van der Waals surface area contributed by atoms with Crippen molar-refractivity contribution < 1.29 is 9.53 Å². The zero-order chi connectivity index (χ0) is 16.3. The van der Waals surface area contributed by atoms with Crippen molar-refractivity contribution in [2.75, 3.05) is 10.6 Å². The summed E-state index contributed by atoms with van der Waals surface area (Å²) in [4.78, 5) is 12.0. The first-order chi connectivity index (χ1) is 11.3. The van der Waals surface area contributed by atoms with Crippen molar-refractivity contribution in [1.82, 2.24) is 0 Å². The number of amides is 1. The summed E-state index contributed by atoms with van der Waals surface area (Å²) in [7, 11) is 0. The predicted molar refractivity (Wildman–Crippen MR) is 98.5 cm³/mol. The number of ether oxygens (including phenoxy) is 1. The number of alkyl halides is 1. The normalized spacial score (nSPS) is 10.3. The Morgan fingerprint density at radius 3 is 2.43 bits per heavy atom. The molecule has 0 saturated carbocycles. The molecule has 0 fully saturated rings. The smallest absolute Gasteiger partial charge is 0.224 e. The molecule has 1 amide bonds. The Labute approximate surface area is 146 Å². The van der Waals surface area contributed by atoms with Crippen LogP contribution >= 0.6 is 15.9 Å². The molecule has 1 N–H and O–H groups in total. The van der Waals surface area contributed by atoms with Crippen LogP contribution in [0.15, 0.2) is 54.6 Å². The van der Waals surface area contributed by atoms with Gasteiger partial charge in [0.1, 0.15) is 11.5 Å². The van der Waals surface area contributed by atoms with Gasteiger partial charge in [-0.1, -0.05) is 53.0 Å². The van der Waals surface area contributed by atoms with Crippen LogP contribution in [0.2, 0.25) is 0 Å². The zero-order valence-corrected chi connectivity index (χ0v) is 14.7. The Morgan fingerprint density at radius 2 is 1.65 bits per heavy atom. The van der Waals surface area contributed by atoms with Crippen LogP contribution in [0.1, 0.15) is 32.1 Å². The monoisotopic (exact) mass is 375 g/mol. The first-order valence-corrected chi connectivity index (χ1v) is 9.09. The molecule has 0 radical (unpaired) electrons. The molecule has 122 valence electrons. The SMILES string of the molecule is O=C(CCCCCCBr)Nc1cccc(Oc2ccccc2)c1. The number of hydrogen-bond donors (Lipinski definition) is 1. The lowest BCUT2D eigenvalue weighted by molar-refractivity contribution is -0.116. The molecule has 0 aliphatic carbocycles. The number of carbonyl (C=O) groups excluding carboxylic acids is 1. The highest BCUT2D eigenvalue weighted by Crippen LogP contribution is 2.24. The van der Waals surface area contributed by atoms with Gasteiger partial charge in [-0.2, -0.15) is 0 Å². The average molecular weight is 376 g/mol. The van der Waals surface area contributed by atoms with Gasteiger partial charge < -0.3 is 10.1 Å². The van der Waals surface area contributed by atoms with Crippen LogP contribution in [-0.2, 0) is 4.79 Å². The molecule has 0 aliphatic heterocycles. The number of para-hydroxylation sites is 1. The molecule has 2 rings (SSSR count). The maximum Gasteiger partial charge on any atom is 0.224 e. The predicted octanol–water partition coefficient (Wildman–Crippen LogP) is 5.76. The number of unbranched alkanes of at least 4 members (excludes halogenated alkanes) is 3. The van der Waals surface area contributed by atoms with E-state index < -0.39 is 0 Å². The second-order valence-electron chi connectivity index (χ2n) is 5.34. The van der Waals surface area contributed by atoms with Gasteiger partial charge in [-0.15, -0.1) is 0 Å². The van der Waals surface area contributed by atoms with Crippen molar-refractivity contribution in [3.05, 3.63) is 54.6 Å². The molecule has 0 unspecified atom stereocenters. The van der Waals surface area contributed by atoms with E-state index in [1.54, 1.807) is 0 Å². The van der Waals surface area contributed by atoms with Crippen LogP contribution < -0.4 is 10.1 Å². The molecular formula is C19H22BrNO2. The highest BCUT2D eigenvalue weighted by molar-refractivity contribution is 9.09. The summed E-state index contributed by atoms with van der Waals surface area (Å²) >= 11 is 3.41. The number of anilines is 1. The van der Waals surface area contributed by atoms with Gasteiger partial charge in [-0.25, -0.2) is 0 Å². The van der Waals surface area contributed by atoms with Crippen LogP contribution in [0.3, 0.4) is 0 Å². The molecule has 23 heavy (non-hydrogen) atoms. The van der Waals surface area contributed by atoms with E-state index >= 15 is 0 Å². The fraction of sp³-hybridized carbons (Fsp3) is 0.316. The van der Waals surface area contributed by atoms with E-state index in [9.17, 15) is 4.79 Å². The van der Waals surface area contributed by atoms with Crippen molar-refractivity contribution in [2.45, 2.75) is 32.1 Å². The molecule has 2 aromatic carbocycles. The van der Waals surface area contributed by atoms with Gasteiger partial charge in [0.2, 0.25) is 5.91 Å². The molecule has 2 aromatic rings. The van der Waals surface area contributed by atoms with Gasteiger partial charge in [0.05, 0.1) is 0 Å². The molecule has 0 bridgehead atoms. The Kier molecular flexibility index (Phi) is 7.67. The van der Waals surface area contributed by atoms with Gasteiger partial charge in [0.25, 0.3) is 0 Å². The third-order valence-electron chi connectivity index (χ3n) is 3.38. The van der Waals surface area contributed by atoms with Crippen LogP contribution in [0.5, 0.6) is 11.5 Å². The number of benzene rings is 2. The highest BCUT2D eigenvalue weighted by atomic mass is 79.9. The molecule has 0 heterocycles. The lowest BCUT2D eigenvalue weighted by Gasteiger charge is -2.09. The lowest BCUT2D eigenvalue weighted by Crippen LogP contribution is -2.11. The van der Waals surface area contributed by atoms with E-state index in [4.69, 9.17) is 4.74 Å². The Balaban J connectivity index is 1.81. The van der Waals surface area contributed by atoms with Crippen LogP contribution in [-0.4, -0.2) is 11.2 Å². The highest BCUT2D eigenvalue weighted by Gasteiger charge is 2.04. The minimum absolute atomic E-state index is 0.0562. The number of rotatable bonds is 9. The second kappa shape index (κ2) is 10.1. The third-order valence-corrected chi connectivity index (χ3v) is 3.94. The van der Waals surface area contributed by atoms with Crippen molar-refractivity contribution in [2.24, 2.45) is 0 Å². The molecule has 0 atom stereocenters. The summed E-state index contributed by atoms with van der Waals surface area (Å²) in [6, 6.07) is 17.1. The molecule has 3 nitrogen and oxygen atoms in total. The molecule has 0 spiro atoms. The first kappa shape index (κ1) is 17.5. The Morgan fingerprint density at radius 1 is 0.913 bits per heavy atom. The second-order valence-corrected chi connectivity index (χ2v) is 6.14. The van der Waals surface area contributed by atoms with E-state index in [1.807, 2.05) is 54.6 Å². The average Bonchev–Trinajstić information content (AvgIpc) is 2.56. The molecular weight excluding hydrogens is 354 g/mol. The van der Waals surface area contributed by atoms with E-state index in [-0.39, 0.29) is 5.91 Å². The van der Waals surface area contributed by atoms with Crippen LogP contribution in [0, 0.1) is 0 Å². The van der Waals surface area contributed by atoms with Gasteiger partial charge in [0, 0.05) is 23.5 Å². The number of nitrogens with one attached hydrogen (secondary N) is 1. The van der Waals surface area contributed by atoms with Crippen LogP contribution in [0.4, 0.5) is 5.69 Å². The molecule has 0 saturated heterocycles. The van der Waals surface area contributed by atoms with Crippen molar-refractivity contribution in [3.63, 3.8) is 0 Å². The maximum absolute atomic E-state index is 12.0. The molecule has 4 heteroatoms. The summed E-state index contributed by atoms with van der Waals surface area (Å²) < 4.78 is 5.77. The Bertz CT molecular complexity index is 601. The quantitative estimate of drug-likeness (QED) is 0.446. The number of halogens is 1. The van der Waals surface area contributed by atoms with E-state index in [0.29, 0.717) is 12.2 Å². The molecule has 0 aliphatic rings. The first-order valence-electron chi connectivity index (χ1n) is 7.97. The summed E-state index contributed by atoms with van der Waals surface area (Å²) in [6.45, 7) is 0. The van der Waals surface area contributed by atoms with Gasteiger partial charge in [-0.05, 0) is 37.1 Å². The van der Waals surface area contributed by atoms with Crippen molar-refractivity contribution in [1.29, 1.82) is 0 Å². The zero-order valence-electron chi connectivity index (χ0n) is 13.1. The topological polar surface area (TPSA) is 38.3 Å². The fourth-order valence-electron chi connectivity index (χ4n) is 2.22. The van der Waals surface area contributed by atoms with Crippen molar-refractivity contribution >= 4 is 27.5 Å². The summed E-state index contributed by atoms with van der Waals surface area (Å²) in [5.74, 6) is 1.55. The van der Waals surface area contributed by atoms with E-state index in [2.05, 4.69) is 21.2 Å². The van der Waals surface area contributed by atoms with Gasteiger partial charge in [0.15, 0.2) is 0 Å². The van der Waals surface area contributed by atoms with Gasteiger partial charge >= 0.3 is 0 Å². The lowest BCUT2D eigenvalue weighted by atomic mass is 10.1. The molecule has 0 aromatic heterocycles. The van der Waals surface area contributed by atoms with Crippen molar-refractivity contribution in [3.8, 4) is 11.5 Å². The third kappa shape index (κ3) is 6.87. The number of carbonyl (C=O) groups is 1. The number of hydrogen-bond acceptors (Lipinski definition) is 2. The largest absolute Gasteiger partial charge is 0.457 e. The summed E-state index contributed by atoms with van der Waals surface area (Å²) in [5.41, 5.74) is 0.767. The fourth-order valence-corrected chi connectivity index (χ4v) is 2.62. The minimum atomic E-state index is 0.0562. The minimum Gasteiger partial charge on any atom is -0.457 e. The van der Waals surface area contributed by atoms with Gasteiger partial charge in [-0.3, -0.25) is 4.79 Å². The summed E-state index contributed by atoms with van der Waals surface area (Å²) in [5, 5.41) is 3.97. The van der Waals surface area contributed by atoms with E-state index in [1.165, 1.54) is 12.8 Å².